The molecule has 40 heavy (non-hydrogen) atoms. The predicted octanol–water partition coefficient (Wildman–Crippen LogP) is 3.76. The molecule has 3 aromatic carbocycles. The maximum atomic E-state index is 13.0. The van der Waals surface area contributed by atoms with Gasteiger partial charge in [0.15, 0.2) is 23.0 Å². The number of nitrogens with one attached hydrogen (secondary N) is 1. The van der Waals surface area contributed by atoms with Gasteiger partial charge < -0.3 is 34.9 Å². The van der Waals surface area contributed by atoms with Crippen LogP contribution in [0.4, 0.5) is 0 Å². The summed E-state index contributed by atoms with van der Waals surface area (Å²) in [5, 5.41) is 2.96. The molecule has 3 aromatic rings. The molecule has 210 valence electrons. The van der Waals surface area contributed by atoms with Crippen molar-refractivity contribution >= 4 is 11.8 Å². The van der Waals surface area contributed by atoms with E-state index in [9.17, 15) is 9.59 Å². The number of aryl methyl sites for hydroxylation is 1. The SMILES string of the molecule is COc1ccc2cc1OCCCNC(=O)CCc1cccc(c1)Oc1cc3c(cc1OC)C2N(C(=O)CN)CC3. The molecule has 9 heteroatoms. The van der Waals surface area contributed by atoms with Crippen LogP contribution in [0.15, 0.2) is 54.6 Å². The van der Waals surface area contributed by atoms with Gasteiger partial charge in [-0.1, -0.05) is 18.2 Å². The van der Waals surface area contributed by atoms with Crippen LogP contribution in [0.5, 0.6) is 28.7 Å². The summed E-state index contributed by atoms with van der Waals surface area (Å²) in [7, 11) is 3.19. The minimum absolute atomic E-state index is 0.0168. The van der Waals surface area contributed by atoms with Crippen molar-refractivity contribution in [3.63, 3.8) is 0 Å². The lowest BCUT2D eigenvalue weighted by molar-refractivity contribution is -0.131. The van der Waals surface area contributed by atoms with Gasteiger partial charge in [0.2, 0.25) is 11.8 Å². The number of hydrogen-bond donors (Lipinski definition) is 2. The Labute approximate surface area is 234 Å². The summed E-state index contributed by atoms with van der Waals surface area (Å²) in [6.07, 6.45) is 2.25. The van der Waals surface area contributed by atoms with E-state index in [0.29, 0.717) is 74.1 Å². The van der Waals surface area contributed by atoms with E-state index >= 15 is 0 Å². The monoisotopic (exact) mass is 545 g/mol. The molecule has 0 aliphatic carbocycles. The van der Waals surface area contributed by atoms with E-state index in [0.717, 1.165) is 22.3 Å². The van der Waals surface area contributed by atoms with E-state index in [4.69, 9.17) is 24.7 Å². The van der Waals surface area contributed by atoms with Gasteiger partial charge in [-0.15, -0.1) is 0 Å². The van der Waals surface area contributed by atoms with Crippen molar-refractivity contribution < 1.29 is 28.5 Å². The van der Waals surface area contributed by atoms with E-state index in [2.05, 4.69) is 5.32 Å². The van der Waals surface area contributed by atoms with E-state index in [1.54, 1.807) is 19.1 Å². The number of amides is 2. The zero-order valence-corrected chi connectivity index (χ0v) is 22.9. The molecule has 0 radical (unpaired) electrons. The van der Waals surface area contributed by atoms with Crippen LogP contribution in [0.2, 0.25) is 0 Å². The predicted molar refractivity (Wildman–Crippen MR) is 150 cm³/mol. The fourth-order valence-corrected chi connectivity index (χ4v) is 5.31. The Kier molecular flexibility index (Phi) is 8.40. The summed E-state index contributed by atoms with van der Waals surface area (Å²) < 4.78 is 23.7. The van der Waals surface area contributed by atoms with E-state index in [-0.39, 0.29) is 18.4 Å². The van der Waals surface area contributed by atoms with Crippen molar-refractivity contribution in [1.82, 2.24) is 10.2 Å². The number of benzene rings is 3. The third-order valence-corrected chi connectivity index (χ3v) is 7.32. The summed E-state index contributed by atoms with van der Waals surface area (Å²) >= 11 is 0. The van der Waals surface area contributed by atoms with Gasteiger partial charge in [-0.2, -0.15) is 0 Å². The number of carbonyl (C=O) groups is 2. The fourth-order valence-electron chi connectivity index (χ4n) is 5.31. The number of nitrogens with two attached hydrogens (primary N) is 1. The molecule has 0 spiro atoms. The Balaban J connectivity index is 1.62. The van der Waals surface area contributed by atoms with Crippen molar-refractivity contribution in [2.75, 3.05) is 40.5 Å². The first-order valence-corrected chi connectivity index (χ1v) is 13.5. The molecule has 1 unspecified atom stereocenters. The highest BCUT2D eigenvalue weighted by molar-refractivity contribution is 5.80. The molecule has 0 aromatic heterocycles. The average Bonchev–Trinajstić information content (AvgIpc) is 2.98. The second kappa shape index (κ2) is 12.3. The first-order chi connectivity index (χ1) is 19.5. The van der Waals surface area contributed by atoms with Crippen LogP contribution in [0.25, 0.3) is 0 Å². The van der Waals surface area contributed by atoms with Crippen molar-refractivity contribution in [1.29, 1.82) is 0 Å². The first-order valence-electron chi connectivity index (χ1n) is 13.5. The van der Waals surface area contributed by atoms with Crippen molar-refractivity contribution in [2.24, 2.45) is 5.73 Å². The summed E-state index contributed by atoms with van der Waals surface area (Å²) in [6.45, 7) is 1.31. The topological polar surface area (TPSA) is 112 Å². The molecule has 2 amide bonds. The van der Waals surface area contributed by atoms with Gasteiger partial charge in [0.1, 0.15) is 5.75 Å². The smallest absolute Gasteiger partial charge is 0.237 e. The van der Waals surface area contributed by atoms with Crippen LogP contribution >= 0.6 is 0 Å². The molecule has 3 aliphatic rings. The van der Waals surface area contributed by atoms with Crippen LogP contribution in [0, 0.1) is 0 Å². The van der Waals surface area contributed by atoms with Crippen LogP contribution in [0.3, 0.4) is 0 Å². The van der Waals surface area contributed by atoms with E-state index in [1.165, 1.54) is 0 Å². The zero-order chi connectivity index (χ0) is 28.1. The lowest BCUT2D eigenvalue weighted by Crippen LogP contribution is -2.43. The highest BCUT2D eigenvalue weighted by atomic mass is 16.5. The summed E-state index contributed by atoms with van der Waals surface area (Å²) in [5.41, 5.74) is 9.70. The minimum atomic E-state index is -0.399. The number of hydrogen-bond acceptors (Lipinski definition) is 7. The summed E-state index contributed by atoms with van der Waals surface area (Å²) in [4.78, 5) is 27.2. The van der Waals surface area contributed by atoms with E-state index < -0.39 is 6.04 Å². The Morgan fingerprint density at radius 2 is 1.88 bits per heavy atom. The number of methoxy groups -OCH3 is 2. The van der Waals surface area contributed by atoms with Gasteiger partial charge in [-0.05, 0) is 77.9 Å². The molecule has 0 saturated heterocycles. The van der Waals surface area contributed by atoms with Gasteiger partial charge in [-0.25, -0.2) is 0 Å². The zero-order valence-electron chi connectivity index (χ0n) is 22.9. The van der Waals surface area contributed by atoms with Crippen LogP contribution in [-0.2, 0) is 22.4 Å². The third kappa shape index (κ3) is 5.84. The molecule has 9 nitrogen and oxygen atoms in total. The summed E-state index contributed by atoms with van der Waals surface area (Å²) in [6, 6.07) is 17.0. The van der Waals surface area contributed by atoms with Crippen molar-refractivity contribution in [3.05, 3.63) is 76.9 Å². The standard InChI is InChI=1S/C31H35N3O6/c1-37-25-9-8-22-17-27(25)39-14-4-12-33-29(35)10-7-20-5-3-6-23(15-20)40-28-16-21-11-13-34(30(36)19-32)31(22)24(21)18-26(28)38-2/h3,5-6,8-9,15-18,31H,4,7,10-14,19,32H2,1-2H3,(H,33,35). The number of ether oxygens (including phenoxy) is 4. The second-order valence-electron chi connectivity index (χ2n) is 9.86. The number of nitrogens with zero attached hydrogens (tertiary/aromatic N) is 1. The molecule has 0 fully saturated rings. The molecule has 3 N–H and O–H groups in total. The molecule has 1 atom stereocenters. The fraction of sp³-hybridized carbons (Fsp3) is 0.355. The van der Waals surface area contributed by atoms with Crippen molar-refractivity contribution in [3.8, 4) is 28.7 Å². The van der Waals surface area contributed by atoms with Gasteiger partial charge >= 0.3 is 0 Å². The molecule has 3 heterocycles. The number of rotatable bonds is 3. The van der Waals surface area contributed by atoms with Crippen LogP contribution < -0.4 is 30.0 Å². The first kappa shape index (κ1) is 27.3. The normalized spacial score (nSPS) is 17.2. The maximum Gasteiger partial charge on any atom is 0.237 e. The lowest BCUT2D eigenvalue weighted by Gasteiger charge is -2.38. The second-order valence-corrected chi connectivity index (χ2v) is 9.86. The Bertz CT molecular complexity index is 1390. The quantitative estimate of drug-likeness (QED) is 0.515. The van der Waals surface area contributed by atoms with E-state index in [1.807, 2.05) is 54.6 Å². The lowest BCUT2D eigenvalue weighted by atomic mass is 9.87. The van der Waals surface area contributed by atoms with Gasteiger partial charge in [0.05, 0.1) is 33.4 Å². The molecular weight excluding hydrogens is 510 g/mol. The Morgan fingerprint density at radius 3 is 2.67 bits per heavy atom. The van der Waals surface area contributed by atoms with Crippen LogP contribution in [0.1, 0.15) is 41.1 Å². The summed E-state index contributed by atoms with van der Waals surface area (Å²) in [5.74, 6) is 2.79. The van der Waals surface area contributed by atoms with Gasteiger partial charge in [0, 0.05) is 19.5 Å². The average molecular weight is 546 g/mol. The minimum Gasteiger partial charge on any atom is -0.493 e. The Morgan fingerprint density at radius 1 is 1.02 bits per heavy atom. The highest BCUT2D eigenvalue weighted by Gasteiger charge is 2.33. The molecule has 8 bridgehead atoms. The van der Waals surface area contributed by atoms with Gasteiger partial charge in [0.25, 0.3) is 0 Å². The van der Waals surface area contributed by atoms with Crippen molar-refractivity contribution in [2.45, 2.75) is 31.7 Å². The molecule has 3 aliphatic heterocycles. The van der Waals surface area contributed by atoms with Gasteiger partial charge in [-0.3, -0.25) is 9.59 Å². The molecular formula is C31H35N3O6. The molecule has 0 saturated carbocycles. The Hall–Kier alpha value is -4.24. The van der Waals surface area contributed by atoms with Crippen LogP contribution in [-0.4, -0.2) is 57.2 Å². The molecule has 6 rings (SSSR count). The number of fused-ring (bicyclic) bond motifs is 8. The third-order valence-electron chi connectivity index (χ3n) is 7.32. The maximum absolute atomic E-state index is 13.0. The largest absolute Gasteiger partial charge is 0.493 e. The number of carbonyl (C=O) groups excluding carboxylic acids is 2. The highest BCUT2D eigenvalue weighted by Crippen LogP contribution is 2.44.